The van der Waals surface area contributed by atoms with Gasteiger partial charge in [-0.3, -0.25) is 19.3 Å². The highest BCUT2D eigenvalue weighted by atomic mass is 16.2. The zero-order chi connectivity index (χ0) is 15.0. The smallest absolute Gasteiger partial charge is 0.244 e. The largest absolute Gasteiger partial charge is 0.399 e. The normalized spacial score (nSPS) is 24.3. The summed E-state index contributed by atoms with van der Waals surface area (Å²) in [7, 11) is 0. The average molecular weight is 287 g/mol. The van der Waals surface area contributed by atoms with Gasteiger partial charge in [-0.25, -0.2) is 0 Å². The monoisotopic (exact) mass is 287 g/mol. The lowest BCUT2D eigenvalue weighted by Crippen LogP contribution is -2.38. The second kappa shape index (κ2) is 5.20. The van der Waals surface area contributed by atoms with Crippen molar-refractivity contribution in [1.29, 1.82) is 0 Å². The molecule has 1 aromatic carbocycles. The van der Waals surface area contributed by atoms with E-state index in [9.17, 15) is 14.4 Å². The highest BCUT2D eigenvalue weighted by Crippen LogP contribution is 2.39. The fourth-order valence-corrected chi connectivity index (χ4v) is 3.18. The fraction of sp³-hybridized carbons (Fsp3) is 0.400. The van der Waals surface area contributed by atoms with Crippen molar-refractivity contribution in [3.05, 3.63) is 24.3 Å². The van der Waals surface area contributed by atoms with Crippen LogP contribution < -0.4 is 11.1 Å². The van der Waals surface area contributed by atoms with E-state index in [4.69, 9.17) is 5.73 Å². The predicted octanol–water partition coefficient (Wildman–Crippen LogP) is 0.992. The van der Waals surface area contributed by atoms with Gasteiger partial charge in [-0.1, -0.05) is 12.5 Å². The third kappa shape index (κ3) is 2.49. The molecular formula is C15H17N3O3. The number of hydrogen-bond acceptors (Lipinski definition) is 4. The molecule has 1 aromatic rings. The Bertz CT molecular complexity index is 592. The molecule has 2 fully saturated rings. The summed E-state index contributed by atoms with van der Waals surface area (Å²) in [5.74, 6) is -1.21. The van der Waals surface area contributed by atoms with Crippen LogP contribution in [0, 0.1) is 11.8 Å². The molecule has 0 spiro atoms. The van der Waals surface area contributed by atoms with Crippen LogP contribution in [0.3, 0.4) is 0 Å². The van der Waals surface area contributed by atoms with Gasteiger partial charge in [0.25, 0.3) is 0 Å². The summed E-state index contributed by atoms with van der Waals surface area (Å²) >= 11 is 0. The van der Waals surface area contributed by atoms with Crippen LogP contribution in [0.2, 0.25) is 0 Å². The first-order valence-corrected chi connectivity index (χ1v) is 7.07. The summed E-state index contributed by atoms with van der Waals surface area (Å²) < 4.78 is 0. The molecule has 6 heteroatoms. The number of carbonyl (C=O) groups is 3. The van der Waals surface area contributed by atoms with Crippen LogP contribution in [0.5, 0.6) is 0 Å². The summed E-state index contributed by atoms with van der Waals surface area (Å²) in [6.07, 6.45) is 2.42. The van der Waals surface area contributed by atoms with E-state index >= 15 is 0 Å². The van der Waals surface area contributed by atoms with Gasteiger partial charge in [0.2, 0.25) is 17.7 Å². The maximum Gasteiger partial charge on any atom is 0.244 e. The Morgan fingerprint density at radius 1 is 1.24 bits per heavy atom. The zero-order valence-corrected chi connectivity index (χ0v) is 11.5. The van der Waals surface area contributed by atoms with Gasteiger partial charge in [-0.05, 0) is 31.0 Å². The Labute approximate surface area is 122 Å². The third-order valence-electron chi connectivity index (χ3n) is 4.15. The van der Waals surface area contributed by atoms with Crippen molar-refractivity contribution in [3.8, 4) is 0 Å². The number of imide groups is 1. The molecule has 2 unspecified atom stereocenters. The molecule has 3 N–H and O–H groups in total. The van der Waals surface area contributed by atoms with Crippen LogP contribution in [-0.4, -0.2) is 29.2 Å². The van der Waals surface area contributed by atoms with E-state index in [2.05, 4.69) is 5.32 Å². The van der Waals surface area contributed by atoms with Gasteiger partial charge < -0.3 is 11.1 Å². The van der Waals surface area contributed by atoms with E-state index in [1.54, 1.807) is 24.3 Å². The molecule has 0 radical (unpaired) electrons. The minimum atomic E-state index is -0.387. The SMILES string of the molecule is Nc1cccc(NC(=O)CN2C(=O)C3CCCC3C2=O)c1. The molecule has 1 aliphatic carbocycles. The van der Waals surface area contributed by atoms with Crippen LogP contribution in [0.25, 0.3) is 0 Å². The van der Waals surface area contributed by atoms with Crippen molar-refractivity contribution in [2.45, 2.75) is 19.3 Å². The van der Waals surface area contributed by atoms with Crippen LogP contribution in [0.4, 0.5) is 11.4 Å². The molecule has 6 nitrogen and oxygen atoms in total. The number of fused-ring (bicyclic) bond motifs is 1. The number of nitrogens with two attached hydrogens (primary N) is 1. The van der Waals surface area contributed by atoms with Crippen LogP contribution in [0.1, 0.15) is 19.3 Å². The zero-order valence-electron chi connectivity index (χ0n) is 11.5. The summed E-state index contributed by atoms with van der Waals surface area (Å²) in [4.78, 5) is 37.4. The van der Waals surface area contributed by atoms with Crippen molar-refractivity contribution < 1.29 is 14.4 Å². The third-order valence-corrected chi connectivity index (χ3v) is 4.15. The second-order valence-electron chi connectivity index (χ2n) is 5.58. The van der Waals surface area contributed by atoms with Crippen molar-refractivity contribution in [3.63, 3.8) is 0 Å². The molecule has 0 bridgehead atoms. The molecule has 3 rings (SSSR count). The quantitative estimate of drug-likeness (QED) is 0.640. The molecule has 1 saturated heterocycles. The minimum Gasteiger partial charge on any atom is -0.399 e. The number of carbonyl (C=O) groups excluding carboxylic acids is 3. The lowest BCUT2D eigenvalue weighted by Gasteiger charge is -2.15. The lowest BCUT2D eigenvalue weighted by molar-refractivity contribution is -0.143. The number of likely N-dealkylation sites (tertiary alicyclic amines) is 1. The fourth-order valence-electron chi connectivity index (χ4n) is 3.18. The van der Waals surface area contributed by atoms with Crippen molar-refractivity contribution in [1.82, 2.24) is 4.90 Å². The topological polar surface area (TPSA) is 92.5 Å². The van der Waals surface area contributed by atoms with Crippen LogP contribution >= 0.6 is 0 Å². The van der Waals surface area contributed by atoms with E-state index in [0.29, 0.717) is 11.4 Å². The Kier molecular flexibility index (Phi) is 3.37. The number of anilines is 2. The maximum atomic E-state index is 12.1. The predicted molar refractivity (Wildman–Crippen MR) is 77.0 cm³/mol. The average Bonchev–Trinajstić information content (AvgIpc) is 2.99. The summed E-state index contributed by atoms with van der Waals surface area (Å²) in [6.45, 7) is -0.223. The highest BCUT2D eigenvalue weighted by molar-refractivity contribution is 6.08. The van der Waals surface area contributed by atoms with E-state index in [-0.39, 0.29) is 36.1 Å². The van der Waals surface area contributed by atoms with Gasteiger partial charge in [-0.2, -0.15) is 0 Å². The number of amides is 3. The van der Waals surface area contributed by atoms with Gasteiger partial charge in [-0.15, -0.1) is 0 Å². The van der Waals surface area contributed by atoms with Crippen molar-refractivity contribution in [2.75, 3.05) is 17.6 Å². The number of rotatable bonds is 3. The Morgan fingerprint density at radius 3 is 2.52 bits per heavy atom. The number of nitrogens with zero attached hydrogens (tertiary/aromatic N) is 1. The lowest BCUT2D eigenvalue weighted by atomic mass is 10.00. The minimum absolute atomic E-state index is 0.203. The first-order valence-electron chi connectivity index (χ1n) is 7.07. The summed E-state index contributed by atoms with van der Waals surface area (Å²) in [5.41, 5.74) is 6.73. The molecule has 21 heavy (non-hydrogen) atoms. The van der Waals surface area contributed by atoms with Gasteiger partial charge in [0, 0.05) is 11.4 Å². The number of hydrogen-bond donors (Lipinski definition) is 2. The van der Waals surface area contributed by atoms with E-state index in [1.807, 2.05) is 0 Å². The first kappa shape index (κ1) is 13.6. The van der Waals surface area contributed by atoms with Gasteiger partial charge >= 0.3 is 0 Å². The Balaban J connectivity index is 1.65. The molecule has 110 valence electrons. The molecule has 2 atom stereocenters. The molecular weight excluding hydrogens is 270 g/mol. The van der Waals surface area contributed by atoms with E-state index in [0.717, 1.165) is 24.2 Å². The number of nitrogen functional groups attached to an aromatic ring is 1. The second-order valence-corrected chi connectivity index (χ2v) is 5.58. The molecule has 3 amide bonds. The molecule has 1 aliphatic heterocycles. The van der Waals surface area contributed by atoms with Crippen LogP contribution in [-0.2, 0) is 14.4 Å². The number of benzene rings is 1. The highest BCUT2D eigenvalue weighted by Gasteiger charge is 2.49. The standard InChI is InChI=1S/C15H17N3O3/c16-9-3-1-4-10(7-9)17-13(19)8-18-14(20)11-5-2-6-12(11)15(18)21/h1,3-4,7,11-12H,2,5-6,8,16H2,(H,17,19). The Morgan fingerprint density at radius 2 is 1.90 bits per heavy atom. The number of nitrogens with one attached hydrogen (secondary N) is 1. The Hall–Kier alpha value is -2.37. The summed E-state index contributed by atoms with van der Waals surface area (Å²) in [6, 6.07) is 6.77. The molecule has 1 saturated carbocycles. The van der Waals surface area contributed by atoms with Crippen molar-refractivity contribution >= 4 is 29.1 Å². The van der Waals surface area contributed by atoms with Gasteiger partial charge in [0.05, 0.1) is 11.8 Å². The van der Waals surface area contributed by atoms with Gasteiger partial charge in [0.15, 0.2) is 0 Å². The molecule has 2 aliphatic rings. The van der Waals surface area contributed by atoms with E-state index < -0.39 is 0 Å². The molecule has 0 aromatic heterocycles. The van der Waals surface area contributed by atoms with E-state index in [1.165, 1.54) is 0 Å². The van der Waals surface area contributed by atoms with Crippen molar-refractivity contribution in [2.24, 2.45) is 11.8 Å². The summed E-state index contributed by atoms with van der Waals surface area (Å²) in [5, 5.41) is 2.65. The maximum absolute atomic E-state index is 12.1. The van der Waals surface area contributed by atoms with Gasteiger partial charge in [0.1, 0.15) is 6.54 Å². The first-order chi connectivity index (χ1) is 10.1. The van der Waals surface area contributed by atoms with Crippen LogP contribution in [0.15, 0.2) is 24.3 Å². The molecule has 1 heterocycles.